The summed E-state index contributed by atoms with van der Waals surface area (Å²) in [6.45, 7) is 1.93. The van der Waals surface area contributed by atoms with Crippen molar-refractivity contribution < 1.29 is 4.79 Å². The summed E-state index contributed by atoms with van der Waals surface area (Å²) in [4.78, 5) is 21.0. The van der Waals surface area contributed by atoms with E-state index in [0.717, 1.165) is 34.8 Å². The predicted molar refractivity (Wildman–Crippen MR) is 102 cm³/mol. The van der Waals surface area contributed by atoms with E-state index >= 15 is 0 Å². The predicted octanol–water partition coefficient (Wildman–Crippen LogP) is 4.47. The fraction of sp³-hybridized carbons (Fsp3) is 0.211. The van der Waals surface area contributed by atoms with E-state index in [0.29, 0.717) is 10.7 Å². The van der Waals surface area contributed by atoms with Gasteiger partial charge in [0, 0.05) is 34.4 Å². The first-order chi connectivity index (χ1) is 12.1. The Balaban J connectivity index is 1.53. The Bertz CT molecular complexity index is 864. The normalized spacial score (nSPS) is 10.6. The first-order valence-electron chi connectivity index (χ1n) is 7.99. The Labute approximate surface area is 155 Å². The number of halogens is 1. The van der Waals surface area contributed by atoms with E-state index in [1.165, 1.54) is 0 Å². The third kappa shape index (κ3) is 5.11. The zero-order valence-corrected chi connectivity index (χ0v) is 15.4. The van der Waals surface area contributed by atoms with Gasteiger partial charge in [-0.1, -0.05) is 23.7 Å². The number of nitrogens with one attached hydrogen (secondary N) is 1. The molecule has 0 saturated carbocycles. The number of carbonyl (C=O) groups excluding carboxylic acids is 1. The summed E-state index contributed by atoms with van der Waals surface area (Å²) in [7, 11) is 0. The molecule has 0 atom stereocenters. The summed E-state index contributed by atoms with van der Waals surface area (Å²) < 4.78 is 0. The number of carbonyl (C=O) groups is 1. The smallest absolute Gasteiger partial charge is 0.230 e. The summed E-state index contributed by atoms with van der Waals surface area (Å²) in [6, 6.07) is 11.4. The van der Waals surface area contributed by atoms with Crippen LogP contribution >= 0.6 is 22.9 Å². The van der Waals surface area contributed by atoms with Gasteiger partial charge in [0.1, 0.15) is 0 Å². The molecule has 0 saturated heterocycles. The zero-order valence-electron chi connectivity index (χ0n) is 13.8. The van der Waals surface area contributed by atoms with Crippen molar-refractivity contribution in [1.82, 2.24) is 9.97 Å². The van der Waals surface area contributed by atoms with Gasteiger partial charge in [0.05, 0.1) is 17.1 Å². The van der Waals surface area contributed by atoms with Gasteiger partial charge in [0.25, 0.3) is 0 Å². The minimum atomic E-state index is -0.0958. The molecule has 0 bridgehead atoms. The lowest BCUT2D eigenvalue weighted by Crippen LogP contribution is -2.14. The molecule has 0 spiro atoms. The van der Waals surface area contributed by atoms with Gasteiger partial charge in [-0.3, -0.25) is 9.78 Å². The van der Waals surface area contributed by atoms with Gasteiger partial charge in [0.2, 0.25) is 5.91 Å². The number of aryl methyl sites for hydroxylation is 3. The fourth-order valence-corrected chi connectivity index (χ4v) is 3.34. The number of pyridine rings is 1. The Morgan fingerprint density at radius 3 is 2.84 bits per heavy atom. The third-order valence-electron chi connectivity index (χ3n) is 3.72. The fourth-order valence-electron chi connectivity index (χ4n) is 2.37. The number of thiazole rings is 1. The number of amides is 1. The molecular weight excluding hydrogens is 354 g/mol. The molecule has 3 rings (SSSR count). The van der Waals surface area contributed by atoms with Crippen molar-refractivity contribution in [3.05, 3.63) is 75.0 Å². The second-order valence-corrected chi connectivity index (χ2v) is 7.09. The molecule has 2 heterocycles. The molecule has 25 heavy (non-hydrogen) atoms. The van der Waals surface area contributed by atoms with Crippen LogP contribution in [0.5, 0.6) is 0 Å². The molecule has 128 valence electrons. The molecule has 2 aromatic heterocycles. The highest BCUT2D eigenvalue weighted by molar-refractivity contribution is 7.09. The molecule has 0 aliphatic carbocycles. The standard InChI is InChI=1S/C19H18ClN3OS/c1-13-5-6-15(10-17(13)20)22-18(24)11-16-12-25-19(23-16)8-7-14-4-2-3-9-21-14/h2-6,9-10,12H,7-8,11H2,1H3,(H,22,24). The highest BCUT2D eigenvalue weighted by atomic mass is 35.5. The molecule has 3 aromatic rings. The van der Waals surface area contributed by atoms with E-state index < -0.39 is 0 Å². The van der Waals surface area contributed by atoms with Gasteiger partial charge < -0.3 is 5.32 Å². The van der Waals surface area contributed by atoms with E-state index in [4.69, 9.17) is 11.6 Å². The van der Waals surface area contributed by atoms with Crippen LogP contribution in [0.3, 0.4) is 0 Å². The van der Waals surface area contributed by atoms with E-state index in [9.17, 15) is 4.79 Å². The van der Waals surface area contributed by atoms with E-state index in [1.807, 2.05) is 42.6 Å². The quantitative estimate of drug-likeness (QED) is 0.695. The van der Waals surface area contributed by atoms with E-state index in [2.05, 4.69) is 15.3 Å². The van der Waals surface area contributed by atoms with Crippen LogP contribution in [-0.2, 0) is 24.1 Å². The number of benzene rings is 1. The van der Waals surface area contributed by atoms with E-state index in [1.54, 1.807) is 23.6 Å². The molecule has 0 radical (unpaired) electrons. The highest BCUT2D eigenvalue weighted by Gasteiger charge is 2.09. The Morgan fingerprint density at radius 1 is 1.20 bits per heavy atom. The van der Waals surface area contributed by atoms with Crippen LogP contribution < -0.4 is 5.32 Å². The molecule has 1 N–H and O–H groups in total. The summed E-state index contributed by atoms with van der Waals surface area (Å²) in [5, 5.41) is 6.46. The minimum absolute atomic E-state index is 0.0958. The monoisotopic (exact) mass is 371 g/mol. The number of hydrogen-bond donors (Lipinski definition) is 1. The maximum Gasteiger partial charge on any atom is 0.230 e. The van der Waals surface area contributed by atoms with Gasteiger partial charge in [-0.05, 0) is 43.2 Å². The third-order valence-corrected chi connectivity index (χ3v) is 5.08. The molecule has 1 aromatic carbocycles. The summed E-state index contributed by atoms with van der Waals surface area (Å²) in [6.07, 6.45) is 3.73. The van der Waals surface area contributed by atoms with Crippen molar-refractivity contribution in [2.45, 2.75) is 26.2 Å². The van der Waals surface area contributed by atoms with E-state index in [-0.39, 0.29) is 12.3 Å². The van der Waals surface area contributed by atoms with Crippen molar-refractivity contribution >= 4 is 34.5 Å². The number of rotatable bonds is 6. The van der Waals surface area contributed by atoms with Crippen LogP contribution in [0.2, 0.25) is 5.02 Å². The van der Waals surface area contributed by atoms with Crippen LogP contribution in [-0.4, -0.2) is 15.9 Å². The SMILES string of the molecule is Cc1ccc(NC(=O)Cc2csc(CCc3ccccn3)n2)cc1Cl. The molecule has 0 aliphatic heterocycles. The first-order valence-corrected chi connectivity index (χ1v) is 9.25. The second kappa shape index (κ2) is 8.23. The molecular formula is C19H18ClN3OS. The van der Waals surface area contributed by atoms with Gasteiger partial charge in [-0.25, -0.2) is 4.98 Å². The largest absolute Gasteiger partial charge is 0.326 e. The number of aromatic nitrogens is 2. The topological polar surface area (TPSA) is 54.9 Å². The Morgan fingerprint density at radius 2 is 2.08 bits per heavy atom. The van der Waals surface area contributed by atoms with Crippen LogP contribution in [0.25, 0.3) is 0 Å². The maximum atomic E-state index is 12.2. The van der Waals surface area contributed by atoms with Gasteiger partial charge >= 0.3 is 0 Å². The number of nitrogens with zero attached hydrogens (tertiary/aromatic N) is 2. The lowest BCUT2D eigenvalue weighted by atomic mass is 10.2. The average Bonchev–Trinajstić information content (AvgIpc) is 3.04. The Kier molecular flexibility index (Phi) is 5.79. The average molecular weight is 372 g/mol. The second-order valence-electron chi connectivity index (χ2n) is 5.74. The van der Waals surface area contributed by atoms with Crippen molar-refractivity contribution in [2.75, 3.05) is 5.32 Å². The lowest BCUT2D eigenvalue weighted by Gasteiger charge is -2.06. The van der Waals surface area contributed by atoms with Crippen LogP contribution in [0, 0.1) is 6.92 Å². The van der Waals surface area contributed by atoms with Crippen LogP contribution in [0.4, 0.5) is 5.69 Å². The van der Waals surface area contributed by atoms with Crippen molar-refractivity contribution in [2.24, 2.45) is 0 Å². The van der Waals surface area contributed by atoms with Gasteiger partial charge in [-0.15, -0.1) is 11.3 Å². The van der Waals surface area contributed by atoms with Crippen molar-refractivity contribution in [3.63, 3.8) is 0 Å². The molecule has 6 heteroatoms. The van der Waals surface area contributed by atoms with Crippen LogP contribution in [0.1, 0.15) is 22.0 Å². The summed E-state index contributed by atoms with van der Waals surface area (Å²) in [5.74, 6) is -0.0958. The lowest BCUT2D eigenvalue weighted by molar-refractivity contribution is -0.115. The molecule has 0 aliphatic rings. The van der Waals surface area contributed by atoms with Crippen molar-refractivity contribution in [3.8, 4) is 0 Å². The minimum Gasteiger partial charge on any atom is -0.326 e. The highest BCUT2D eigenvalue weighted by Crippen LogP contribution is 2.20. The van der Waals surface area contributed by atoms with Crippen LogP contribution in [0.15, 0.2) is 48.0 Å². The molecule has 0 fully saturated rings. The maximum absolute atomic E-state index is 12.2. The summed E-state index contributed by atoms with van der Waals surface area (Å²) in [5.41, 5.74) is 3.52. The van der Waals surface area contributed by atoms with Crippen molar-refractivity contribution in [1.29, 1.82) is 0 Å². The Hall–Kier alpha value is -2.24. The first kappa shape index (κ1) is 17.6. The molecule has 1 amide bonds. The van der Waals surface area contributed by atoms with Gasteiger partial charge in [0.15, 0.2) is 0 Å². The summed E-state index contributed by atoms with van der Waals surface area (Å²) >= 11 is 7.66. The number of hydrogen-bond acceptors (Lipinski definition) is 4. The number of anilines is 1. The van der Waals surface area contributed by atoms with Gasteiger partial charge in [-0.2, -0.15) is 0 Å². The zero-order chi connectivity index (χ0) is 17.6. The molecule has 4 nitrogen and oxygen atoms in total. The molecule has 0 unspecified atom stereocenters.